The third-order valence-corrected chi connectivity index (χ3v) is 10.1. The second kappa shape index (κ2) is 10.5. The second-order valence-electron chi connectivity index (χ2n) is 11.3. The summed E-state index contributed by atoms with van der Waals surface area (Å²) >= 11 is 0. The van der Waals surface area contributed by atoms with E-state index in [2.05, 4.69) is 45.3 Å². The number of aromatic nitrogens is 3. The second-order valence-corrected chi connectivity index (χ2v) is 13.2. The largest absolute Gasteiger partial charge is 0.361 e. The fraction of sp³-hybridized carbons (Fsp3) is 0.206. The topological polar surface area (TPSA) is 93.9 Å². The number of benzene rings is 3. The molecule has 212 valence electrons. The minimum atomic E-state index is -3.91. The fourth-order valence-electron chi connectivity index (χ4n) is 6.04. The Morgan fingerprint density at radius 1 is 0.929 bits per heavy atom. The Hall–Kier alpha value is -4.24. The number of hydrogen-bond acceptors (Lipinski definition) is 5. The maximum absolute atomic E-state index is 14.5. The van der Waals surface area contributed by atoms with Gasteiger partial charge in [-0.15, -0.1) is 0 Å². The van der Waals surface area contributed by atoms with Crippen molar-refractivity contribution in [1.29, 1.82) is 0 Å². The van der Waals surface area contributed by atoms with Gasteiger partial charge in [-0.05, 0) is 66.3 Å². The van der Waals surface area contributed by atoms with Crippen LogP contribution in [0.15, 0.2) is 101 Å². The van der Waals surface area contributed by atoms with E-state index < -0.39 is 9.84 Å². The maximum atomic E-state index is 14.5. The van der Waals surface area contributed by atoms with Gasteiger partial charge in [0, 0.05) is 72.8 Å². The SMILES string of the molecule is Cc1ccc(S(=O)(=O)c2c(-c3ccc(CN4CCNC(C)C4)cc3)cnc3[nH]cc(-c4ccc5[nH]ccc5c4)c23)cc1. The molecule has 1 aliphatic rings. The number of pyridine rings is 1. The zero-order valence-electron chi connectivity index (χ0n) is 23.7. The molecule has 1 fully saturated rings. The number of nitrogens with one attached hydrogen (secondary N) is 3. The Morgan fingerprint density at radius 3 is 2.50 bits per heavy atom. The summed E-state index contributed by atoms with van der Waals surface area (Å²) in [5.41, 5.74) is 6.91. The summed E-state index contributed by atoms with van der Waals surface area (Å²) in [4.78, 5) is 14.2. The number of sulfone groups is 1. The number of piperazine rings is 1. The van der Waals surface area contributed by atoms with Crippen molar-refractivity contribution in [3.8, 4) is 22.3 Å². The van der Waals surface area contributed by atoms with Gasteiger partial charge in [-0.2, -0.15) is 0 Å². The predicted octanol–water partition coefficient (Wildman–Crippen LogP) is 6.31. The van der Waals surface area contributed by atoms with E-state index in [1.807, 2.05) is 61.8 Å². The molecule has 0 aliphatic carbocycles. The van der Waals surface area contributed by atoms with Gasteiger partial charge in [-0.25, -0.2) is 13.4 Å². The first-order chi connectivity index (χ1) is 20.4. The lowest BCUT2D eigenvalue weighted by Gasteiger charge is -2.31. The molecule has 3 aromatic heterocycles. The molecule has 1 unspecified atom stereocenters. The number of rotatable bonds is 6. The average molecular weight is 576 g/mol. The highest BCUT2D eigenvalue weighted by molar-refractivity contribution is 7.92. The van der Waals surface area contributed by atoms with Crippen LogP contribution in [0.1, 0.15) is 18.1 Å². The third-order valence-electron chi connectivity index (χ3n) is 8.24. The van der Waals surface area contributed by atoms with Gasteiger partial charge in [-0.1, -0.05) is 48.0 Å². The molecular weight excluding hydrogens is 542 g/mol. The summed E-state index contributed by atoms with van der Waals surface area (Å²) in [5, 5.41) is 5.15. The summed E-state index contributed by atoms with van der Waals surface area (Å²) in [6.45, 7) is 8.03. The first kappa shape index (κ1) is 26.6. The van der Waals surface area contributed by atoms with Crippen LogP contribution in [0.3, 0.4) is 0 Å². The van der Waals surface area contributed by atoms with Gasteiger partial charge in [-0.3, -0.25) is 4.90 Å². The van der Waals surface area contributed by atoms with Gasteiger partial charge in [0.05, 0.1) is 9.79 Å². The minimum Gasteiger partial charge on any atom is -0.361 e. The fourth-order valence-corrected chi connectivity index (χ4v) is 7.70. The molecule has 0 spiro atoms. The molecular formula is C34H33N5O2S. The van der Waals surface area contributed by atoms with E-state index in [9.17, 15) is 8.42 Å². The predicted molar refractivity (Wildman–Crippen MR) is 168 cm³/mol. The lowest BCUT2D eigenvalue weighted by Crippen LogP contribution is -2.48. The molecule has 0 saturated carbocycles. The summed E-state index contributed by atoms with van der Waals surface area (Å²) < 4.78 is 29.0. The van der Waals surface area contributed by atoms with Gasteiger partial charge < -0.3 is 15.3 Å². The molecule has 0 bridgehead atoms. The molecule has 0 amide bonds. The van der Waals surface area contributed by atoms with E-state index in [0.717, 1.165) is 59.3 Å². The highest BCUT2D eigenvalue weighted by Crippen LogP contribution is 2.41. The third kappa shape index (κ3) is 4.81. The zero-order valence-corrected chi connectivity index (χ0v) is 24.5. The molecule has 3 N–H and O–H groups in total. The normalized spacial score (nSPS) is 16.4. The van der Waals surface area contributed by atoms with E-state index >= 15 is 0 Å². The highest BCUT2D eigenvalue weighted by atomic mass is 32.2. The summed E-state index contributed by atoms with van der Waals surface area (Å²) in [6, 6.07) is 23.9. The van der Waals surface area contributed by atoms with Crippen molar-refractivity contribution in [1.82, 2.24) is 25.2 Å². The van der Waals surface area contributed by atoms with E-state index in [0.29, 0.717) is 22.6 Å². The number of H-pyrrole nitrogens is 2. The molecule has 0 radical (unpaired) electrons. The van der Waals surface area contributed by atoms with Crippen LogP contribution in [0.25, 0.3) is 44.2 Å². The van der Waals surface area contributed by atoms with Crippen molar-refractivity contribution in [2.45, 2.75) is 36.2 Å². The summed E-state index contributed by atoms with van der Waals surface area (Å²) in [5.74, 6) is 0. The van der Waals surface area contributed by atoms with Crippen LogP contribution in [0.2, 0.25) is 0 Å². The Balaban J connectivity index is 1.39. The summed E-state index contributed by atoms with van der Waals surface area (Å²) in [6.07, 6.45) is 5.45. The Kier molecular flexibility index (Phi) is 6.69. The molecule has 1 atom stereocenters. The van der Waals surface area contributed by atoms with Crippen molar-refractivity contribution in [2.75, 3.05) is 19.6 Å². The average Bonchev–Trinajstić information content (AvgIpc) is 3.64. The van der Waals surface area contributed by atoms with Gasteiger partial charge in [0.25, 0.3) is 0 Å². The van der Waals surface area contributed by atoms with Gasteiger partial charge in [0.15, 0.2) is 0 Å². The number of hydrogen-bond donors (Lipinski definition) is 3. The van der Waals surface area contributed by atoms with Crippen LogP contribution in [0, 0.1) is 6.92 Å². The van der Waals surface area contributed by atoms with Crippen LogP contribution in [0.4, 0.5) is 0 Å². The van der Waals surface area contributed by atoms with Crippen LogP contribution < -0.4 is 5.32 Å². The Bertz CT molecular complexity index is 2010. The number of aryl methyl sites for hydroxylation is 1. The quantitative estimate of drug-likeness (QED) is 0.216. The van der Waals surface area contributed by atoms with Crippen molar-refractivity contribution in [2.24, 2.45) is 0 Å². The van der Waals surface area contributed by atoms with Crippen LogP contribution in [-0.2, 0) is 16.4 Å². The van der Waals surface area contributed by atoms with Gasteiger partial charge in [0.1, 0.15) is 5.65 Å². The highest BCUT2D eigenvalue weighted by Gasteiger charge is 2.28. The minimum absolute atomic E-state index is 0.263. The molecule has 1 aliphatic heterocycles. The molecule has 7 nitrogen and oxygen atoms in total. The molecule has 6 aromatic rings. The van der Waals surface area contributed by atoms with E-state index in [-0.39, 0.29) is 9.79 Å². The lowest BCUT2D eigenvalue weighted by atomic mass is 10.0. The van der Waals surface area contributed by atoms with Crippen molar-refractivity contribution in [3.05, 3.63) is 103 Å². The van der Waals surface area contributed by atoms with Crippen LogP contribution in [0.5, 0.6) is 0 Å². The standard InChI is InChI=1S/C34H33N5O2S/c1-22-3-10-28(11-4-22)42(40,41)33-30(25-7-5-24(6-8-25)21-39-16-15-35-23(2)20-39)19-38-34-32(33)29(18-37-34)26-9-12-31-27(17-26)13-14-36-31/h3-14,17-19,23,35-36H,15-16,20-21H2,1-2H3,(H,37,38). The van der Waals surface area contributed by atoms with Gasteiger partial charge in [0.2, 0.25) is 9.84 Å². The Morgan fingerprint density at radius 2 is 1.71 bits per heavy atom. The van der Waals surface area contributed by atoms with Crippen LogP contribution >= 0.6 is 0 Å². The van der Waals surface area contributed by atoms with E-state index in [4.69, 9.17) is 4.98 Å². The zero-order chi connectivity index (χ0) is 28.8. The molecule has 1 saturated heterocycles. The number of nitrogens with zero attached hydrogens (tertiary/aromatic N) is 2. The number of fused-ring (bicyclic) bond motifs is 2. The van der Waals surface area contributed by atoms with E-state index in [1.54, 1.807) is 18.3 Å². The summed E-state index contributed by atoms with van der Waals surface area (Å²) in [7, 11) is -3.91. The molecule has 4 heterocycles. The maximum Gasteiger partial charge on any atom is 0.208 e. The van der Waals surface area contributed by atoms with Crippen LogP contribution in [-0.4, -0.2) is 53.9 Å². The molecule has 8 heteroatoms. The molecule has 3 aromatic carbocycles. The smallest absolute Gasteiger partial charge is 0.208 e. The lowest BCUT2D eigenvalue weighted by molar-refractivity contribution is 0.199. The molecule has 7 rings (SSSR count). The van der Waals surface area contributed by atoms with E-state index in [1.165, 1.54) is 5.56 Å². The number of aromatic amines is 2. The first-order valence-electron chi connectivity index (χ1n) is 14.3. The van der Waals surface area contributed by atoms with Crippen molar-refractivity contribution < 1.29 is 8.42 Å². The Labute approximate surface area is 245 Å². The first-order valence-corrected chi connectivity index (χ1v) is 15.8. The van der Waals surface area contributed by atoms with Crippen molar-refractivity contribution in [3.63, 3.8) is 0 Å². The van der Waals surface area contributed by atoms with Crippen molar-refractivity contribution >= 4 is 31.8 Å². The molecule has 42 heavy (non-hydrogen) atoms. The monoisotopic (exact) mass is 575 g/mol. The van der Waals surface area contributed by atoms with Gasteiger partial charge >= 0.3 is 0 Å².